The van der Waals surface area contributed by atoms with Gasteiger partial charge in [-0.15, -0.1) is 11.8 Å². The van der Waals surface area contributed by atoms with Gasteiger partial charge in [0.05, 0.1) is 0 Å². The van der Waals surface area contributed by atoms with Crippen LogP contribution in [0, 0.1) is 17.8 Å². The molecule has 0 aliphatic rings. The third kappa shape index (κ3) is 4.09. The Hall–Kier alpha value is -0.440. The summed E-state index contributed by atoms with van der Waals surface area (Å²) in [6, 6.07) is 0. The zero-order valence-corrected chi connectivity index (χ0v) is 6.70. The third-order valence-electron chi connectivity index (χ3n) is 1.72. The van der Waals surface area contributed by atoms with Gasteiger partial charge in [-0.25, -0.2) is 0 Å². The zero-order valence-electron chi connectivity index (χ0n) is 6.70. The van der Waals surface area contributed by atoms with Crippen molar-refractivity contribution in [2.45, 2.75) is 40.0 Å². The van der Waals surface area contributed by atoms with Crippen LogP contribution in [0.2, 0.25) is 0 Å². The van der Waals surface area contributed by atoms with E-state index in [1.54, 1.807) is 0 Å². The molecule has 0 aliphatic carbocycles. The molecule has 0 unspecified atom stereocenters. The van der Waals surface area contributed by atoms with Gasteiger partial charge in [-0.3, -0.25) is 0 Å². The van der Waals surface area contributed by atoms with Crippen molar-refractivity contribution in [1.82, 2.24) is 0 Å². The second-order valence-electron chi connectivity index (χ2n) is 2.31. The van der Waals surface area contributed by atoms with Crippen molar-refractivity contribution in [1.29, 1.82) is 0 Å². The van der Waals surface area contributed by atoms with E-state index in [4.69, 9.17) is 0 Å². The molecule has 52 valence electrons. The van der Waals surface area contributed by atoms with Crippen molar-refractivity contribution >= 4 is 0 Å². The second-order valence-corrected chi connectivity index (χ2v) is 2.31. The maximum Gasteiger partial charge on any atom is 0.0117 e. The highest BCUT2D eigenvalue weighted by Gasteiger charge is 1.98. The lowest BCUT2D eigenvalue weighted by Crippen LogP contribution is -1.93. The van der Waals surface area contributed by atoms with E-state index in [9.17, 15) is 0 Å². The van der Waals surface area contributed by atoms with Crippen molar-refractivity contribution in [3.05, 3.63) is 0 Å². The molecule has 0 saturated carbocycles. The van der Waals surface area contributed by atoms with E-state index in [0.29, 0.717) is 0 Å². The molecule has 0 fully saturated rings. The van der Waals surface area contributed by atoms with Crippen LogP contribution >= 0.6 is 0 Å². The van der Waals surface area contributed by atoms with Gasteiger partial charge >= 0.3 is 0 Å². The van der Waals surface area contributed by atoms with E-state index < -0.39 is 0 Å². The molecule has 0 aromatic carbocycles. The fourth-order valence-corrected chi connectivity index (χ4v) is 0.824. The molecule has 0 nitrogen and oxygen atoms in total. The summed E-state index contributed by atoms with van der Waals surface area (Å²) < 4.78 is 0. The van der Waals surface area contributed by atoms with E-state index in [0.717, 1.165) is 12.3 Å². The van der Waals surface area contributed by atoms with Gasteiger partial charge in [0.15, 0.2) is 0 Å². The molecule has 9 heavy (non-hydrogen) atoms. The Morgan fingerprint density at radius 3 is 2.11 bits per heavy atom. The Morgan fingerprint density at radius 1 is 1.22 bits per heavy atom. The molecule has 0 aromatic rings. The van der Waals surface area contributed by atoms with Crippen molar-refractivity contribution in [3.8, 4) is 11.8 Å². The average Bonchev–Trinajstić information content (AvgIpc) is 1.91. The molecule has 0 aromatic heterocycles. The molecular formula is C9H16. The number of hydrogen-bond acceptors (Lipinski definition) is 0. The van der Waals surface area contributed by atoms with Crippen LogP contribution in [-0.2, 0) is 0 Å². The van der Waals surface area contributed by atoms with E-state index in [1.807, 2.05) is 6.92 Å². The smallest absolute Gasteiger partial charge is 0.0117 e. The van der Waals surface area contributed by atoms with Crippen molar-refractivity contribution in [2.75, 3.05) is 0 Å². The molecule has 0 saturated heterocycles. The minimum Gasteiger partial charge on any atom is -0.107 e. The van der Waals surface area contributed by atoms with Crippen LogP contribution in [0.25, 0.3) is 0 Å². The fraction of sp³-hybridized carbons (Fsp3) is 0.778. The highest BCUT2D eigenvalue weighted by Crippen LogP contribution is 2.10. The molecule has 0 bridgehead atoms. The largest absolute Gasteiger partial charge is 0.107 e. The summed E-state index contributed by atoms with van der Waals surface area (Å²) in [6.07, 6.45) is 3.62. The summed E-state index contributed by atoms with van der Waals surface area (Å²) in [6.45, 7) is 6.36. The lowest BCUT2D eigenvalue weighted by molar-refractivity contribution is 0.507. The third-order valence-corrected chi connectivity index (χ3v) is 1.72. The predicted molar refractivity (Wildman–Crippen MR) is 42.1 cm³/mol. The molecule has 0 aliphatic heterocycles. The quantitative estimate of drug-likeness (QED) is 0.507. The maximum absolute atomic E-state index is 3.10. The molecule has 0 atom stereocenters. The zero-order chi connectivity index (χ0) is 7.11. The molecular weight excluding hydrogens is 108 g/mol. The summed E-state index contributed by atoms with van der Waals surface area (Å²) in [7, 11) is 0. The van der Waals surface area contributed by atoms with E-state index in [-0.39, 0.29) is 0 Å². The topological polar surface area (TPSA) is 0 Å². The first-order valence-electron chi connectivity index (χ1n) is 3.74. The van der Waals surface area contributed by atoms with Crippen LogP contribution in [-0.4, -0.2) is 0 Å². The van der Waals surface area contributed by atoms with E-state index in [2.05, 4.69) is 25.7 Å². The fourth-order valence-electron chi connectivity index (χ4n) is 0.824. The van der Waals surface area contributed by atoms with E-state index >= 15 is 0 Å². The highest BCUT2D eigenvalue weighted by molar-refractivity contribution is 4.95. The molecule has 0 spiro atoms. The molecule has 0 heteroatoms. The Bertz CT molecular complexity index is 98.9. The van der Waals surface area contributed by atoms with Gasteiger partial charge in [0.2, 0.25) is 0 Å². The summed E-state index contributed by atoms with van der Waals surface area (Å²) >= 11 is 0. The average molecular weight is 124 g/mol. The van der Waals surface area contributed by atoms with Crippen LogP contribution in [0.3, 0.4) is 0 Å². The van der Waals surface area contributed by atoms with Crippen LogP contribution in [0.4, 0.5) is 0 Å². The Labute approximate surface area is 58.7 Å². The van der Waals surface area contributed by atoms with Crippen LogP contribution < -0.4 is 0 Å². The SMILES string of the molecule is CC#CCC(CC)CC. The predicted octanol–water partition coefficient (Wildman–Crippen LogP) is 2.84. The molecule has 0 radical (unpaired) electrons. The minimum atomic E-state index is 0.831. The lowest BCUT2D eigenvalue weighted by Gasteiger charge is -2.05. The molecule has 0 N–H and O–H groups in total. The van der Waals surface area contributed by atoms with Crippen molar-refractivity contribution < 1.29 is 0 Å². The first-order valence-corrected chi connectivity index (χ1v) is 3.74. The number of hydrogen-bond donors (Lipinski definition) is 0. The summed E-state index contributed by atoms with van der Waals surface area (Å²) in [4.78, 5) is 0. The van der Waals surface area contributed by atoms with Gasteiger partial charge in [0.25, 0.3) is 0 Å². The Balaban J connectivity index is 3.39. The van der Waals surface area contributed by atoms with Crippen LogP contribution in [0.5, 0.6) is 0 Å². The van der Waals surface area contributed by atoms with Crippen LogP contribution in [0.15, 0.2) is 0 Å². The van der Waals surface area contributed by atoms with E-state index in [1.165, 1.54) is 12.8 Å². The minimum absolute atomic E-state index is 0.831. The second kappa shape index (κ2) is 5.69. The van der Waals surface area contributed by atoms with Gasteiger partial charge in [0.1, 0.15) is 0 Å². The summed E-state index contributed by atoms with van der Waals surface area (Å²) in [5.74, 6) is 6.85. The maximum atomic E-state index is 3.10. The normalized spacial score (nSPS) is 8.89. The molecule has 0 heterocycles. The Morgan fingerprint density at radius 2 is 1.78 bits per heavy atom. The van der Waals surface area contributed by atoms with Gasteiger partial charge in [-0.2, -0.15) is 0 Å². The summed E-state index contributed by atoms with van der Waals surface area (Å²) in [5, 5.41) is 0. The number of rotatable bonds is 3. The molecule has 0 rings (SSSR count). The van der Waals surface area contributed by atoms with Crippen LogP contribution in [0.1, 0.15) is 40.0 Å². The first-order chi connectivity index (χ1) is 4.35. The van der Waals surface area contributed by atoms with Gasteiger partial charge < -0.3 is 0 Å². The monoisotopic (exact) mass is 124 g/mol. The summed E-state index contributed by atoms with van der Waals surface area (Å²) in [5.41, 5.74) is 0. The van der Waals surface area contributed by atoms with Gasteiger partial charge in [-0.1, -0.05) is 26.7 Å². The van der Waals surface area contributed by atoms with Crippen molar-refractivity contribution in [2.24, 2.45) is 5.92 Å². The van der Waals surface area contributed by atoms with Gasteiger partial charge in [0, 0.05) is 6.42 Å². The standard InChI is InChI=1S/C9H16/c1-4-7-8-9(5-2)6-3/h9H,5-6,8H2,1-3H3. The van der Waals surface area contributed by atoms with Crippen molar-refractivity contribution in [3.63, 3.8) is 0 Å². The first kappa shape index (κ1) is 8.56. The molecule has 0 amide bonds. The lowest BCUT2D eigenvalue weighted by atomic mass is 10.0. The highest BCUT2D eigenvalue weighted by atomic mass is 14.0. The Kier molecular flexibility index (Phi) is 5.41. The van der Waals surface area contributed by atoms with Gasteiger partial charge in [-0.05, 0) is 12.8 Å².